The van der Waals surface area contributed by atoms with Crippen molar-refractivity contribution in [2.75, 3.05) is 6.54 Å². The van der Waals surface area contributed by atoms with Crippen LogP contribution in [0.3, 0.4) is 0 Å². The Morgan fingerprint density at radius 1 is 1.47 bits per heavy atom. The molecule has 5 nitrogen and oxygen atoms in total. The molecule has 4 N–H and O–H groups in total. The smallest absolute Gasteiger partial charge is 0.242 e. The number of aliphatic imine (C=N–C) groups is 1. The van der Waals surface area contributed by atoms with Crippen LogP contribution in [0.25, 0.3) is 0 Å². The van der Waals surface area contributed by atoms with E-state index in [1.165, 1.54) is 12.8 Å². The van der Waals surface area contributed by atoms with Gasteiger partial charge in [0.1, 0.15) is 6.04 Å². The number of hydrogen-bond donors (Lipinski definition) is 3. The molecule has 5 heteroatoms. The van der Waals surface area contributed by atoms with Crippen LogP contribution in [0.1, 0.15) is 46.0 Å². The van der Waals surface area contributed by atoms with Crippen molar-refractivity contribution in [2.24, 2.45) is 10.7 Å². The minimum Gasteiger partial charge on any atom is -0.370 e. The molecule has 0 aromatic carbocycles. The maximum absolute atomic E-state index is 11.6. The number of hydrogen-bond acceptors (Lipinski definition) is 2. The van der Waals surface area contributed by atoms with E-state index in [2.05, 4.69) is 15.6 Å². The molecule has 1 amide bonds. The predicted molar refractivity (Wildman–Crippen MR) is 69.8 cm³/mol. The second-order valence-electron chi connectivity index (χ2n) is 4.61. The van der Waals surface area contributed by atoms with Crippen molar-refractivity contribution in [3.05, 3.63) is 0 Å². The Morgan fingerprint density at radius 3 is 2.71 bits per heavy atom. The molecule has 1 fully saturated rings. The van der Waals surface area contributed by atoms with Crippen molar-refractivity contribution in [1.29, 1.82) is 0 Å². The van der Waals surface area contributed by atoms with Crippen LogP contribution in [0.4, 0.5) is 0 Å². The van der Waals surface area contributed by atoms with Crippen molar-refractivity contribution in [3.8, 4) is 0 Å². The minimum absolute atomic E-state index is 0.0311. The number of rotatable bonds is 5. The predicted octanol–water partition coefficient (Wildman–Crippen LogP) is 0.748. The largest absolute Gasteiger partial charge is 0.370 e. The van der Waals surface area contributed by atoms with Crippen molar-refractivity contribution in [1.82, 2.24) is 10.6 Å². The molecular formula is C12H24N4O. The number of nitrogens with one attached hydrogen (secondary N) is 2. The average molecular weight is 240 g/mol. The molecule has 1 atom stereocenters. The normalized spacial score (nSPS) is 19.1. The van der Waals surface area contributed by atoms with Gasteiger partial charge in [-0.05, 0) is 26.2 Å². The molecule has 0 radical (unpaired) electrons. The molecule has 0 heterocycles. The van der Waals surface area contributed by atoms with Gasteiger partial charge in [-0.3, -0.25) is 9.79 Å². The van der Waals surface area contributed by atoms with E-state index in [1.54, 1.807) is 6.92 Å². The summed E-state index contributed by atoms with van der Waals surface area (Å²) < 4.78 is 0. The van der Waals surface area contributed by atoms with Gasteiger partial charge < -0.3 is 16.4 Å². The zero-order chi connectivity index (χ0) is 12.7. The Hall–Kier alpha value is -1.26. The topological polar surface area (TPSA) is 79.5 Å². The molecule has 0 bridgehead atoms. The van der Waals surface area contributed by atoms with Crippen LogP contribution in [0.2, 0.25) is 0 Å². The molecule has 1 unspecified atom stereocenters. The molecule has 1 rings (SSSR count). The first-order chi connectivity index (χ1) is 8.13. The fraction of sp³-hybridized carbons (Fsp3) is 0.833. The highest BCUT2D eigenvalue weighted by Gasteiger charge is 2.16. The minimum atomic E-state index is -0.327. The SMILES string of the molecule is CCCNC(=O)C(C)NC(N)=NC1CCCC1. The van der Waals surface area contributed by atoms with Gasteiger partial charge in [-0.1, -0.05) is 19.8 Å². The summed E-state index contributed by atoms with van der Waals surface area (Å²) in [5.74, 6) is 0.354. The maximum atomic E-state index is 11.6. The first-order valence-electron chi connectivity index (χ1n) is 6.51. The maximum Gasteiger partial charge on any atom is 0.242 e. The molecule has 98 valence electrons. The number of guanidine groups is 1. The number of carbonyl (C=O) groups excluding carboxylic acids is 1. The van der Waals surface area contributed by atoms with Crippen molar-refractivity contribution in [2.45, 2.75) is 58.0 Å². The molecule has 0 aromatic heterocycles. The van der Waals surface area contributed by atoms with E-state index in [0.29, 0.717) is 18.5 Å². The highest BCUT2D eigenvalue weighted by molar-refractivity contribution is 5.87. The van der Waals surface area contributed by atoms with E-state index < -0.39 is 0 Å². The van der Waals surface area contributed by atoms with Gasteiger partial charge in [-0.25, -0.2) is 0 Å². The Kier molecular flexibility index (Phi) is 5.80. The van der Waals surface area contributed by atoms with Gasteiger partial charge in [0.25, 0.3) is 0 Å². The van der Waals surface area contributed by atoms with Crippen molar-refractivity contribution >= 4 is 11.9 Å². The zero-order valence-corrected chi connectivity index (χ0v) is 10.8. The number of carbonyl (C=O) groups is 1. The third-order valence-corrected chi connectivity index (χ3v) is 2.95. The molecule has 1 aliphatic rings. The third-order valence-electron chi connectivity index (χ3n) is 2.95. The number of nitrogens with zero attached hydrogens (tertiary/aromatic N) is 1. The van der Waals surface area contributed by atoms with E-state index in [0.717, 1.165) is 19.3 Å². The second-order valence-corrected chi connectivity index (χ2v) is 4.61. The summed E-state index contributed by atoms with van der Waals surface area (Å²) in [7, 11) is 0. The molecule has 17 heavy (non-hydrogen) atoms. The summed E-state index contributed by atoms with van der Waals surface area (Å²) in [5, 5.41) is 5.75. The Morgan fingerprint density at radius 2 is 2.12 bits per heavy atom. The summed E-state index contributed by atoms with van der Waals surface area (Å²) in [4.78, 5) is 16.0. The van der Waals surface area contributed by atoms with E-state index in [1.807, 2.05) is 6.92 Å². The highest BCUT2D eigenvalue weighted by atomic mass is 16.2. The molecule has 0 aliphatic heterocycles. The summed E-state index contributed by atoms with van der Waals surface area (Å²) in [6.45, 7) is 4.51. The highest BCUT2D eigenvalue weighted by Crippen LogP contribution is 2.20. The lowest BCUT2D eigenvalue weighted by molar-refractivity contribution is -0.122. The lowest BCUT2D eigenvalue weighted by Gasteiger charge is -2.15. The van der Waals surface area contributed by atoms with Crippen LogP contribution < -0.4 is 16.4 Å². The summed E-state index contributed by atoms with van der Waals surface area (Å²) >= 11 is 0. The Balaban J connectivity index is 2.33. The summed E-state index contributed by atoms with van der Waals surface area (Å²) in [6, 6.07) is 0.0140. The van der Waals surface area contributed by atoms with E-state index >= 15 is 0 Å². The second kappa shape index (κ2) is 7.14. The van der Waals surface area contributed by atoms with Crippen LogP contribution >= 0.6 is 0 Å². The fourth-order valence-corrected chi connectivity index (χ4v) is 1.96. The fourth-order valence-electron chi connectivity index (χ4n) is 1.96. The van der Waals surface area contributed by atoms with Gasteiger partial charge in [-0.2, -0.15) is 0 Å². The van der Waals surface area contributed by atoms with Gasteiger partial charge in [0.2, 0.25) is 5.91 Å². The monoisotopic (exact) mass is 240 g/mol. The van der Waals surface area contributed by atoms with Crippen molar-refractivity contribution < 1.29 is 4.79 Å². The van der Waals surface area contributed by atoms with Gasteiger partial charge in [0.05, 0.1) is 6.04 Å². The molecule has 0 spiro atoms. The van der Waals surface area contributed by atoms with Crippen molar-refractivity contribution in [3.63, 3.8) is 0 Å². The molecule has 1 aliphatic carbocycles. The quantitative estimate of drug-likeness (QED) is 0.490. The van der Waals surface area contributed by atoms with Gasteiger partial charge in [-0.15, -0.1) is 0 Å². The lowest BCUT2D eigenvalue weighted by atomic mass is 10.3. The molecule has 1 saturated carbocycles. The van der Waals surface area contributed by atoms with Gasteiger partial charge >= 0.3 is 0 Å². The van der Waals surface area contributed by atoms with E-state index in [9.17, 15) is 4.79 Å². The molecule has 0 saturated heterocycles. The van der Waals surface area contributed by atoms with E-state index in [-0.39, 0.29) is 11.9 Å². The van der Waals surface area contributed by atoms with Gasteiger partial charge in [0.15, 0.2) is 5.96 Å². The third kappa shape index (κ3) is 5.06. The summed E-state index contributed by atoms with van der Waals surface area (Å²) in [6.07, 6.45) is 5.61. The van der Waals surface area contributed by atoms with Crippen LogP contribution in [-0.4, -0.2) is 30.5 Å². The Labute approximate surface area is 103 Å². The van der Waals surface area contributed by atoms with E-state index in [4.69, 9.17) is 5.73 Å². The van der Waals surface area contributed by atoms with Crippen LogP contribution in [0, 0.1) is 0 Å². The summed E-state index contributed by atoms with van der Waals surface area (Å²) in [5.41, 5.74) is 5.78. The zero-order valence-electron chi connectivity index (χ0n) is 10.8. The lowest BCUT2D eigenvalue weighted by Crippen LogP contribution is -2.48. The first-order valence-corrected chi connectivity index (χ1v) is 6.51. The van der Waals surface area contributed by atoms with Crippen LogP contribution in [-0.2, 0) is 4.79 Å². The molecular weight excluding hydrogens is 216 g/mol. The molecule has 0 aromatic rings. The number of amides is 1. The Bertz CT molecular complexity index is 272. The van der Waals surface area contributed by atoms with Gasteiger partial charge in [0, 0.05) is 6.54 Å². The van der Waals surface area contributed by atoms with Crippen LogP contribution in [0.15, 0.2) is 4.99 Å². The standard InChI is InChI=1S/C12H24N4O/c1-3-8-14-11(17)9(2)15-12(13)16-10-6-4-5-7-10/h9-10H,3-8H2,1-2H3,(H,14,17)(H3,13,15,16). The first kappa shape index (κ1) is 13.8. The average Bonchev–Trinajstić information content (AvgIpc) is 2.78. The van der Waals surface area contributed by atoms with Crippen LogP contribution in [0.5, 0.6) is 0 Å². The number of nitrogens with two attached hydrogens (primary N) is 1.